The average molecular weight is 398 g/mol. The summed E-state index contributed by atoms with van der Waals surface area (Å²) in [5.74, 6) is 0.514. The Kier molecular flexibility index (Phi) is 5.50. The van der Waals surface area contributed by atoms with Crippen molar-refractivity contribution in [3.63, 3.8) is 0 Å². The highest BCUT2D eigenvalue weighted by atomic mass is 32.1. The van der Waals surface area contributed by atoms with Crippen LogP contribution in [0.3, 0.4) is 0 Å². The number of hydrogen-bond acceptors (Lipinski definition) is 6. The highest BCUT2D eigenvalue weighted by molar-refractivity contribution is 7.13. The van der Waals surface area contributed by atoms with Gasteiger partial charge in [-0.3, -0.25) is 19.2 Å². The van der Waals surface area contributed by atoms with Crippen LogP contribution in [0.25, 0.3) is 10.9 Å². The third kappa shape index (κ3) is 4.28. The van der Waals surface area contributed by atoms with Gasteiger partial charge in [0.2, 0.25) is 11.3 Å². The van der Waals surface area contributed by atoms with E-state index in [0.717, 1.165) is 31.2 Å². The zero-order valence-electron chi connectivity index (χ0n) is 15.8. The smallest absolute Gasteiger partial charge is 0.247 e. The minimum atomic E-state index is -0.214. The molecule has 0 radical (unpaired) electrons. The fraction of sp³-hybridized carbons (Fsp3) is 0.400. The first kappa shape index (κ1) is 18.8. The Morgan fingerprint density at radius 1 is 1.36 bits per heavy atom. The molecule has 1 aromatic carbocycles. The van der Waals surface area contributed by atoms with E-state index in [4.69, 9.17) is 0 Å². The van der Waals surface area contributed by atoms with Crippen molar-refractivity contribution in [2.75, 3.05) is 18.4 Å². The van der Waals surface area contributed by atoms with Crippen LogP contribution in [0.5, 0.6) is 0 Å². The maximum Gasteiger partial charge on any atom is 0.247 e. The van der Waals surface area contributed by atoms with Crippen LogP contribution in [0.2, 0.25) is 0 Å². The first-order valence-corrected chi connectivity index (χ1v) is 10.4. The van der Waals surface area contributed by atoms with E-state index in [2.05, 4.69) is 27.2 Å². The quantitative estimate of drug-likeness (QED) is 0.716. The molecule has 1 saturated heterocycles. The molecule has 3 aromatic rings. The molecule has 1 amide bonds. The second-order valence-corrected chi connectivity index (χ2v) is 8.22. The number of anilines is 1. The number of rotatable bonds is 5. The molecule has 28 heavy (non-hydrogen) atoms. The van der Waals surface area contributed by atoms with Crippen molar-refractivity contribution in [3.05, 3.63) is 51.8 Å². The second kappa shape index (κ2) is 8.20. The predicted octanol–water partition coefficient (Wildman–Crippen LogP) is 2.72. The summed E-state index contributed by atoms with van der Waals surface area (Å²) in [7, 11) is 0. The number of benzene rings is 1. The molecule has 4 rings (SSSR count). The maximum absolute atomic E-state index is 12.5. The van der Waals surface area contributed by atoms with E-state index in [0.29, 0.717) is 16.0 Å². The van der Waals surface area contributed by atoms with Crippen LogP contribution in [0.4, 0.5) is 5.13 Å². The van der Waals surface area contributed by atoms with Crippen LogP contribution >= 0.6 is 11.3 Å². The molecule has 0 bridgehead atoms. The van der Waals surface area contributed by atoms with Crippen molar-refractivity contribution in [2.45, 2.75) is 32.9 Å². The van der Waals surface area contributed by atoms with E-state index in [9.17, 15) is 9.59 Å². The number of thiazole rings is 1. The molecule has 1 N–H and O–H groups in total. The largest absolute Gasteiger partial charge is 0.300 e. The van der Waals surface area contributed by atoms with Gasteiger partial charge in [-0.05, 0) is 37.4 Å². The van der Waals surface area contributed by atoms with E-state index in [1.807, 2.05) is 11.4 Å². The number of carbonyl (C=O) groups is 1. The molecule has 1 aliphatic heterocycles. The van der Waals surface area contributed by atoms with Gasteiger partial charge in [-0.1, -0.05) is 19.1 Å². The van der Waals surface area contributed by atoms with Gasteiger partial charge in [0, 0.05) is 23.9 Å². The number of likely N-dealkylation sites (tertiary alicyclic amines) is 1. The van der Waals surface area contributed by atoms with Gasteiger partial charge >= 0.3 is 0 Å². The molecule has 1 aliphatic rings. The molecule has 8 heteroatoms. The summed E-state index contributed by atoms with van der Waals surface area (Å²) in [5, 5.41) is 10.1. The summed E-state index contributed by atoms with van der Waals surface area (Å²) in [6.07, 6.45) is 3.77. The third-order valence-electron chi connectivity index (χ3n) is 4.98. The van der Waals surface area contributed by atoms with Crippen molar-refractivity contribution in [2.24, 2.45) is 5.92 Å². The lowest BCUT2D eigenvalue weighted by Gasteiger charge is -2.30. The highest BCUT2D eigenvalue weighted by Gasteiger charge is 2.17. The topological polar surface area (TPSA) is 80.1 Å². The number of nitrogens with one attached hydrogen (secondary N) is 1. The molecular weight excluding hydrogens is 374 g/mol. The molecular formula is C20H23N5O2S. The minimum absolute atomic E-state index is 0.0271. The summed E-state index contributed by atoms with van der Waals surface area (Å²) in [6.45, 7) is 5.34. The number of carbonyl (C=O) groups excluding carboxylic acids is 1. The normalized spacial score (nSPS) is 17.7. The van der Waals surface area contributed by atoms with Gasteiger partial charge in [-0.2, -0.15) is 5.10 Å². The number of aromatic nitrogens is 3. The molecule has 1 fully saturated rings. The molecule has 1 unspecified atom stereocenters. The summed E-state index contributed by atoms with van der Waals surface area (Å²) in [6, 6.07) is 7.15. The van der Waals surface area contributed by atoms with Crippen LogP contribution in [0.1, 0.15) is 25.5 Å². The minimum Gasteiger partial charge on any atom is -0.300 e. The second-order valence-electron chi connectivity index (χ2n) is 7.36. The van der Waals surface area contributed by atoms with Gasteiger partial charge in [0.15, 0.2) is 5.13 Å². The summed E-state index contributed by atoms with van der Waals surface area (Å²) < 4.78 is 1.54. The fourth-order valence-corrected chi connectivity index (χ4v) is 4.40. The van der Waals surface area contributed by atoms with Crippen molar-refractivity contribution in [1.82, 2.24) is 19.7 Å². The lowest BCUT2D eigenvalue weighted by atomic mass is 10.0. The molecule has 0 saturated carbocycles. The van der Waals surface area contributed by atoms with Gasteiger partial charge < -0.3 is 5.32 Å². The zero-order valence-corrected chi connectivity index (χ0v) is 16.6. The zero-order chi connectivity index (χ0) is 19.5. The van der Waals surface area contributed by atoms with E-state index >= 15 is 0 Å². The average Bonchev–Trinajstić information content (AvgIpc) is 3.11. The van der Waals surface area contributed by atoms with Gasteiger partial charge in [0.05, 0.1) is 17.4 Å². The lowest BCUT2D eigenvalue weighted by Crippen LogP contribution is -2.33. The highest BCUT2D eigenvalue weighted by Crippen LogP contribution is 2.21. The van der Waals surface area contributed by atoms with Gasteiger partial charge in [-0.25, -0.2) is 4.98 Å². The monoisotopic (exact) mass is 397 g/mol. The molecule has 2 aromatic heterocycles. The number of piperidine rings is 1. The molecule has 3 heterocycles. The molecule has 0 aliphatic carbocycles. The Morgan fingerprint density at radius 3 is 3.07 bits per heavy atom. The van der Waals surface area contributed by atoms with E-state index in [-0.39, 0.29) is 17.9 Å². The Labute approximate surface area is 167 Å². The van der Waals surface area contributed by atoms with Crippen LogP contribution < -0.4 is 10.7 Å². The van der Waals surface area contributed by atoms with Crippen molar-refractivity contribution < 1.29 is 4.79 Å². The SMILES string of the molecule is CC1CCCN(Cc2csc(NC(=O)Cn3ncc(=O)c4ccccc43)n2)C1. The Bertz CT molecular complexity index is 1040. The molecule has 7 nitrogen and oxygen atoms in total. The number of hydrogen-bond donors (Lipinski definition) is 1. The Morgan fingerprint density at radius 2 is 2.21 bits per heavy atom. The summed E-state index contributed by atoms with van der Waals surface area (Å²) in [4.78, 5) is 31.3. The van der Waals surface area contributed by atoms with Crippen molar-refractivity contribution >= 4 is 33.3 Å². The first-order chi connectivity index (χ1) is 13.6. The predicted molar refractivity (Wildman–Crippen MR) is 110 cm³/mol. The lowest BCUT2D eigenvalue weighted by molar-refractivity contribution is -0.116. The van der Waals surface area contributed by atoms with Crippen molar-refractivity contribution in [1.29, 1.82) is 0 Å². The first-order valence-electron chi connectivity index (χ1n) is 9.50. The standard InChI is InChI=1S/C20H23N5O2S/c1-14-5-4-8-24(10-14)11-15-13-28-20(22-15)23-19(27)12-25-17-7-3-2-6-16(17)18(26)9-21-25/h2-3,6-7,9,13-14H,4-5,8,10-12H2,1H3,(H,22,23,27). The van der Waals surface area contributed by atoms with Crippen LogP contribution in [-0.4, -0.2) is 38.7 Å². The third-order valence-corrected chi connectivity index (χ3v) is 5.79. The van der Waals surface area contributed by atoms with Crippen LogP contribution in [0.15, 0.2) is 40.6 Å². The van der Waals surface area contributed by atoms with E-state index in [1.54, 1.807) is 18.2 Å². The summed E-state index contributed by atoms with van der Waals surface area (Å²) in [5.41, 5.74) is 1.48. The van der Waals surface area contributed by atoms with E-state index in [1.165, 1.54) is 35.1 Å². The number of nitrogens with zero attached hydrogens (tertiary/aromatic N) is 4. The Balaban J connectivity index is 1.40. The van der Waals surface area contributed by atoms with E-state index < -0.39 is 0 Å². The van der Waals surface area contributed by atoms with Gasteiger partial charge in [-0.15, -0.1) is 11.3 Å². The number of fused-ring (bicyclic) bond motifs is 1. The fourth-order valence-electron chi connectivity index (χ4n) is 3.68. The molecule has 0 spiro atoms. The maximum atomic E-state index is 12.5. The van der Waals surface area contributed by atoms with Crippen LogP contribution in [-0.2, 0) is 17.9 Å². The number of amides is 1. The van der Waals surface area contributed by atoms with Crippen LogP contribution in [0, 0.1) is 5.92 Å². The number of para-hydroxylation sites is 1. The molecule has 1 atom stereocenters. The molecule has 146 valence electrons. The van der Waals surface area contributed by atoms with Crippen molar-refractivity contribution in [3.8, 4) is 0 Å². The Hall–Kier alpha value is -2.58. The van der Waals surface area contributed by atoms with Gasteiger partial charge in [0.1, 0.15) is 6.54 Å². The van der Waals surface area contributed by atoms with Gasteiger partial charge in [0.25, 0.3) is 0 Å². The summed E-state index contributed by atoms with van der Waals surface area (Å²) >= 11 is 1.43.